The Morgan fingerprint density at radius 2 is 2.14 bits per heavy atom. The predicted molar refractivity (Wildman–Crippen MR) is 82.5 cm³/mol. The number of pyridine rings is 1. The van der Waals surface area contributed by atoms with Crippen molar-refractivity contribution in [2.24, 2.45) is 0 Å². The van der Waals surface area contributed by atoms with Crippen molar-refractivity contribution in [3.63, 3.8) is 0 Å². The maximum atomic E-state index is 5.74. The third-order valence-corrected chi connectivity index (χ3v) is 3.52. The molecule has 5 nitrogen and oxygen atoms in total. The maximum absolute atomic E-state index is 5.74. The Bertz CT molecular complexity index is 770. The van der Waals surface area contributed by atoms with Crippen molar-refractivity contribution in [2.75, 3.05) is 5.73 Å². The van der Waals surface area contributed by atoms with Crippen molar-refractivity contribution in [2.45, 2.75) is 30.2 Å². The van der Waals surface area contributed by atoms with E-state index < -0.39 is 0 Å². The van der Waals surface area contributed by atoms with Gasteiger partial charge in [0.05, 0.1) is 6.10 Å². The number of ether oxygens (including phenoxy) is 1. The summed E-state index contributed by atoms with van der Waals surface area (Å²) >= 11 is 1.33. The Morgan fingerprint density at radius 3 is 2.95 bits per heavy atom. The van der Waals surface area contributed by atoms with Crippen LogP contribution in [0.25, 0.3) is 11.1 Å². The Kier molecular flexibility index (Phi) is 3.70. The first-order valence-electron chi connectivity index (χ1n) is 6.57. The molecule has 0 fully saturated rings. The Hall–Kier alpha value is -2.21. The Balaban J connectivity index is 1.91. The van der Waals surface area contributed by atoms with Crippen molar-refractivity contribution < 1.29 is 9.15 Å². The number of hydrogen-bond donors (Lipinski definition) is 1. The van der Waals surface area contributed by atoms with Crippen LogP contribution < -0.4 is 10.5 Å². The van der Waals surface area contributed by atoms with Crippen LogP contribution in [0.1, 0.15) is 13.8 Å². The molecule has 0 bridgehead atoms. The molecule has 0 amide bonds. The van der Waals surface area contributed by atoms with Crippen LogP contribution in [0.2, 0.25) is 0 Å². The van der Waals surface area contributed by atoms with Gasteiger partial charge in [0, 0.05) is 11.9 Å². The fourth-order valence-corrected chi connectivity index (χ4v) is 2.62. The second-order valence-corrected chi connectivity index (χ2v) is 5.72. The van der Waals surface area contributed by atoms with E-state index >= 15 is 0 Å². The molecule has 3 aromatic rings. The average molecular weight is 301 g/mol. The van der Waals surface area contributed by atoms with E-state index in [1.165, 1.54) is 11.8 Å². The van der Waals surface area contributed by atoms with Crippen molar-refractivity contribution >= 4 is 28.5 Å². The number of nitrogens with two attached hydrogens (primary N) is 1. The zero-order chi connectivity index (χ0) is 14.8. The predicted octanol–water partition coefficient (Wildman–Crippen LogP) is 3.74. The summed E-state index contributed by atoms with van der Waals surface area (Å²) in [6.07, 6.45) is 1.80. The van der Waals surface area contributed by atoms with E-state index in [9.17, 15) is 0 Å². The minimum absolute atomic E-state index is 0.0805. The Labute approximate surface area is 126 Å². The molecule has 2 heterocycles. The highest BCUT2D eigenvalue weighted by molar-refractivity contribution is 7.99. The lowest BCUT2D eigenvalue weighted by molar-refractivity contribution is 0.234. The molecule has 0 aliphatic heterocycles. The zero-order valence-corrected chi connectivity index (χ0v) is 12.6. The molecule has 0 saturated carbocycles. The monoisotopic (exact) mass is 301 g/mol. The topological polar surface area (TPSA) is 74.2 Å². The first-order valence-corrected chi connectivity index (χ1v) is 7.39. The number of rotatable bonds is 4. The van der Waals surface area contributed by atoms with Crippen LogP contribution in [-0.4, -0.2) is 16.1 Å². The van der Waals surface area contributed by atoms with Gasteiger partial charge in [0.15, 0.2) is 11.3 Å². The molecule has 0 radical (unpaired) electrons. The number of aromatic nitrogens is 2. The molecule has 21 heavy (non-hydrogen) atoms. The minimum atomic E-state index is 0.0805. The lowest BCUT2D eigenvalue weighted by atomic mass is 10.3. The van der Waals surface area contributed by atoms with Crippen LogP contribution in [0.3, 0.4) is 0 Å². The summed E-state index contributed by atoms with van der Waals surface area (Å²) in [5.74, 6) is 0.722. The number of nitrogen functional groups attached to an aromatic ring is 1. The summed E-state index contributed by atoms with van der Waals surface area (Å²) in [5, 5.41) is 1.24. The standard InChI is InChI=1S/C15H15N3O2S/c1-9(2)19-13-4-3-7-17-14(13)21-15-18-11-8-10(16)5-6-12(11)20-15/h3-9H,16H2,1-2H3. The highest BCUT2D eigenvalue weighted by Crippen LogP contribution is 2.34. The minimum Gasteiger partial charge on any atom is -0.488 e. The van der Waals surface area contributed by atoms with Gasteiger partial charge in [-0.25, -0.2) is 9.97 Å². The van der Waals surface area contributed by atoms with Crippen LogP contribution in [0, 0.1) is 0 Å². The molecule has 0 aliphatic carbocycles. The number of oxazole rings is 1. The highest BCUT2D eigenvalue weighted by atomic mass is 32.2. The van der Waals surface area contributed by atoms with E-state index in [-0.39, 0.29) is 6.10 Å². The molecule has 0 saturated heterocycles. The van der Waals surface area contributed by atoms with Gasteiger partial charge < -0.3 is 14.9 Å². The molecule has 3 rings (SSSR count). The number of nitrogens with zero attached hydrogens (tertiary/aromatic N) is 2. The van der Waals surface area contributed by atoms with Crippen LogP contribution >= 0.6 is 11.8 Å². The molecule has 0 spiro atoms. The number of benzene rings is 1. The summed E-state index contributed by atoms with van der Waals surface area (Å²) in [6.45, 7) is 3.95. The molecule has 1 aromatic carbocycles. The highest BCUT2D eigenvalue weighted by Gasteiger charge is 2.13. The molecule has 108 valence electrons. The largest absolute Gasteiger partial charge is 0.488 e. The van der Waals surface area contributed by atoms with Gasteiger partial charge in [-0.3, -0.25) is 0 Å². The maximum Gasteiger partial charge on any atom is 0.263 e. The summed E-state index contributed by atoms with van der Waals surface area (Å²) in [4.78, 5) is 8.74. The van der Waals surface area contributed by atoms with E-state index in [4.69, 9.17) is 14.9 Å². The average Bonchev–Trinajstić information content (AvgIpc) is 2.82. The van der Waals surface area contributed by atoms with Crippen LogP contribution in [0.4, 0.5) is 5.69 Å². The van der Waals surface area contributed by atoms with Crippen molar-refractivity contribution in [3.8, 4) is 5.75 Å². The second-order valence-electron chi connectivity index (χ2n) is 4.78. The smallest absolute Gasteiger partial charge is 0.263 e. The van der Waals surface area contributed by atoms with Gasteiger partial charge in [-0.2, -0.15) is 0 Å². The van der Waals surface area contributed by atoms with Crippen LogP contribution in [-0.2, 0) is 0 Å². The summed E-state index contributed by atoms with van der Waals surface area (Å²) < 4.78 is 11.4. The van der Waals surface area contributed by atoms with Crippen LogP contribution in [0.15, 0.2) is 51.2 Å². The van der Waals surface area contributed by atoms with Gasteiger partial charge in [-0.1, -0.05) is 0 Å². The van der Waals surface area contributed by atoms with Gasteiger partial charge in [-0.05, 0) is 55.9 Å². The van der Waals surface area contributed by atoms with E-state index in [1.54, 1.807) is 18.3 Å². The zero-order valence-electron chi connectivity index (χ0n) is 11.7. The lowest BCUT2D eigenvalue weighted by Crippen LogP contribution is -2.06. The quantitative estimate of drug-likeness (QED) is 0.740. The first kappa shape index (κ1) is 13.8. The first-order chi connectivity index (χ1) is 10.1. The second kappa shape index (κ2) is 5.65. The molecule has 2 aromatic heterocycles. The van der Waals surface area contributed by atoms with E-state index in [0.29, 0.717) is 16.5 Å². The van der Waals surface area contributed by atoms with Crippen molar-refractivity contribution in [3.05, 3.63) is 36.5 Å². The van der Waals surface area contributed by atoms with E-state index in [1.807, 2.05) is 32.0 Å². The molecule has 0 unspecified atom stereocenters. The molecule has 0 atom stereocenters. The summed E-state index contributed by atoms with van der Waals surface area (Å²) in [6, 6.07) is 9.11. The summed E-state index contributed by atoms with van der Waals surface area (Å²) in [5.41, 5.74) is 7.84. The van der Waals surface area contributed by atoms with E-state index in [0.717, 1.165) is 16.3 Å². The van der Waals surface area contributed by atoms with Gasteiger partial charge in [-0.15, -0.1) is 0 Å². The van der Waals surface area contributed by atoms with E-state index in [2.05, 4.69) is 9.97 Å². The molecular formula is C15H15N3O2S. The third-order valence-electron chi connectivity index (χ3n) is 2.67. The lowest BCUT2D eigenvalue weighted by Gasteiger charge is -2.11. The third kappa shape index (κ3) is 3.11. The fraction of sp³-hybridized carbons (Fsp3) is 0.200. The van der Waals surface area contributed by atoms with Crippen LogP contribution in [0.5, 0.6) is 5.75 Å². The number of hydrogen-bond acceptors (Lipinski definition) is 6. The summed E-state index contributed by atoms with van der Waals surface area (Å²) in [7, 11) is 0. The molecule has 2 N–H and O–H groups in total. The molecule has 6 heteroatoms. The molecule has 0 aliphatic rings. The Morgan fingerprint density at radius 1 is 1.29 bits per heavy atom. The van der Waals surface area contributed by atoms with Gasteiger partial charge in [0.2, 0.25) is 0 Å². The van der Waals surface area contributed by atoms with Gasteiger partial charge in [0.1, 0.15) is 10.5 Å². The SMILES string of the molecule is CC(C)Oc1cccnc1Sc1nc2cc(N)ccc2o1. The van der Waals surface area contributed by atoms with Gasteiger partial charge >= 0.3 is 0 Å². The van der Waals surface area contributed by atoms with Crippen molar-refractivity contribution in [1.82, 2.24) is 9.97 Å². The fourth-order valence-electron chi connectivity index (χ4n) is 1.85. The number of anilines is 1. The normalized spacial score (nSPS) is 11.2. The molecular weight excluding hydrogens is 286 g/mol. The van der Waals surface area contributed by atoms with Gasteiger partial charge in [0.25, 0.3) is 5.22 Å². The van der Waals surface area contributed by atoms with Crippen molar-refractivity contribution in [1.29, 1.82) is 0 Å². The number of fused-ring (bicyclic) bond motifs is 1.